The van der Waals surface area contributed by atoms with E-state index in [9.17, 15) is 26.3 Å². The molecule has 0 amide bonds. The van der Waals surface area contributed by atoms with Crippen LogP contribution in [-0.4, -0.2) is 15.4 Å². The molecular weight excluding hydrogens is 438 g/mol. The molecule has 0 aliphatic heterocycles. The zero-order valence-corrected chi connectivity index (χ0v) is 16.8. The minimum atomic E-state index is -4.94. The van der Waals surface area contributed by atoms with E-state index in [0.29, 0.717) is 17.7 Å². The topological polar surface area (TPSA) is 74.6 Å². The molecule has 11 heteroatoms. The van der Waals surface area contributed by atoms with Crippen molar-refractivity contribution < 1.29 is 31.1 Å². The van der Waals surface area contributed by atoms with Gasteiger partial charge in [0.1, 0.15) is 24.1 Å². The number of aromatic amines is 1. The van der Waals surface area contributed by atoms with Gasteiger partial charge in [-0.2, -0.15) is 41.9 Å². The quantitative estimate of drug-likeness (QED) is 0.474. The lowest BCUT2D eigenvalue weighted by Gasteiger charge is -2.16. The maximum Gasteiger partial charge on any atom is 0.416 e. The molecule has 5 nitrogen and oxygen atoms in total. The Balaban J connectivity index is 1.97. The van der Waals surface area contributed by atoms with E-state index in [1.54, 1.807) is 12.1 Å². The van der Waals surface area contributed by atoms with E-state index in [2.05, 4.69) is 15.4 Å². The number of nitrogens with zero attached hydrogens (tertiary/aromatic N) is 3. The first-order valence-electron chi connectivity index (χ1n) is 9.26. The number of aromatic nitrogens is 3. The van der Waals surface area contributed by atoms with Gasteiger partial charge in [-0.1, -0.05) is 13.8 Å². The van der Waals surface area contributed by atoms with Crippen molar-refractivity contribution in [3.8, 4) is 23.1 Å². The lowest BCUT2D eigenvalue weighted by molar-refractivity contribution is -0.143. The minimum absolute atomic E-state index is 0.0140. The maximum atomic E-state index is 13.1. The summed E-state index contributed by atoms with van der Waals surface area (Å²) in [7, 11) is 0. The van der Waals surface area contributed by atoms with Gasteiger partial charge in [0.2, 0.25) is 0 Å². The summed E-state index contributed by atoms with van der Waals surface area (Å²) in [5.41, 5.74) is -1.60. The van der Waals surface area contributed by atoms with E-state index in [1.807, 2.05) is 19.9 Å². The number of benzene rings is 2. The second kappa shape index (κ2) is 8.53. The van der Waals surface area contributed by atoms with Crippen LogP contribution in [0.25, 0.3) is 11.3 Å². The van der Waals surface area contributed by atoms with Crippen LogP contribution in [-0.2, 0) is 19.0 Å². The van der Waals surface area contributed by atoms with E-state index >= 15 is 0 Å². The van der Waals surface area contributed by atoms with Crippen LogP contribution in [0.5, 0.6) is 5.75 Å². The summed E-state index contributed by atoms with van der Waals surface area (Å²) in [6, 6.07) is 8.05. The van der Waals surface area contributed by atoms with E-state index in [0.717, 1.165) is 5.56 Å². The van der Waals surface area contributed by atoms with E-state index < -0.39 is 30.1 Å². The molecule has 0 spiro atoms. The van der Waals surface area contributed by atoms with Crippen LogP contribution >= 0.6 is 0 Å². The molecule has 32 heavy (non-hydrogen) atoms. The van der Waals surface area contributed by atoms with Gasteiger partial charge in [-0.25, -0.2) is 0 Å². The molecule has 0 bridgehead atoms. The predicted molar refractivity (Wildman–Crippen MR) is 101 cm³/mol. The number of H-pyrrole nitrogens is 1. The lowest BCUT2D eigenvalue weighted by atomic mass is 9.98. The number of hydrogen-bond acceptors (Lipinski definition) is 4. The maximum absolute atomic E-state index is 13.1. The number of hydrogen-bond donors (Lipinski definition) is 1. The summed E-state index contributed by atoms with van der Waals surface area (Å²) in [6.07, 6.45) is -9.89. The van der Waals surface area contributed by atoms with Crippen molar-refractivity contribution in [1.82, 2.24) is 15.4 Å². The van der Waals surface area contributed by atoms with Crippen molar-refractivity contribution in [2.24, 2.45) is 0 Å². The van der Waals surface area contributed by atoms with Crippen molar-refractivity contribution >= 4 is 0 Å². The first kappa shape index (κ1) is 23.1. The van der Waals surface area contributed by atoms with Crippen LogP contribution in [0.2, 0.25) is 0 Å². The molecule has 0 aliphatic carbocycles. The Labute approximate surface area is 178 Å². The number of nitrogens with one attached hydrogen (secondary N) is 1. The minimum Gasteiger partial charge on any atom is -0.489 e. The van der Waals surface area contributed by atoms with Gasteiger partial charge in [0, 0.05) is 5.56 Å². The van der Waals surface area contributed by atoms with Crippen LogP contribution in [0.15, 0.2) is 36.4 Å². The summed E-state index contributed by atoms with van der Waals surface area (Å²) >= 11 is 0. The SMILES string of the molecule is CC(C)c1cc(OCc2cc(C(F)(F)F)cc(C(F)(F)F)c2)cc(-c2n[nH]nc2C#N)c1. The Morgan fingerprint density at radius 2 is 1.56 bits per heavy atom. The van der Waals surface area contributed by atoms with Crippen molar-refractivity contribution in [3.05, 3.63) is 64.3 Å². The van der Waals surface area contributed by atoms with Crippen LogP contribution in [0, 0.1) is 11.3 Å². The highest BCUT2D eigenvalue weighted by molar-refractivity contribution is 5.67. The van der Waals surface area contributed by atoms with Crippen LogP contribution < -0.4 is 4.74 Å². The average molecular weight is 454 g/mol. The molecule has 0 atom stereocenters. The molecule has 0 fully saturated rings. The Hall–Kier alpha value is -3.55. The fraction of sp³-hybridized carbons (Fsp3) is 0.286. The molecule has 168 valence electrons. The van der Waals surface area contributed by atoms with Crippen molar-refractivity contribution in [3.63, 3.8) is 0 Å². The predicted octanol–water partition coefficient (Wildman–Crippen LogP) is 6.08. The molecular formula is C21H16F6N4O. The first-order chi connectivity index (χ1) is 14.9. The third-order valence-corrected chi connectivity index (χ3v) is 4.58. The lowest BCUT2D eigenvalue weighted by Crippen LogP contribution is -2.12. The standard InChI is InChI=1S/C21H16F6N4O/c1-11(2)13-5-14(19-18(9-28)29-31-30-19)7-17(6-13)32-10-12-3-15(20(22,23)24)8-16(4-12)21(25,26)27/h3-8,11H,10H2,1-2H3,(H,29,30,31). The smallest absolute Gasteiger partial charge is 0.416 e. The van der Waals surface area contributed by atoms with Gasteiger partial charge in [-0.3, -0.25) is 0 Å². The molecule has 0 radical (unpaired) electrons. The van der Waals surface area contributed by atoms with E-state index in [4.69, 9.17) is 10.00 Å². The van der Waals surface area contributed by atoms with Gasteiger partial charge in [0.25, 0.3) is 0 Å². The molecule has 1 N–H and O–H groups in total. The third kappa shape index (κ3) is 5.19. The van der Waals surface area contributed by atoms with Gasteiger partial charge in [-0.15, -0.1) is 5.10 Å². The largest absolute Gasteiger partial charge is 0.489 e. The number of halogens is 6. The van der Waals surface area contributed by atoms with Gasteiger partial charge >= 0.3 is 12.4 Å². The monoisotopic (exact) mass is 454 g/mol. The molecule has 0 aliphatic rings. The summed E-state index contributed by atoms with van der Waals surface area (Å²) in [5.74, 6) is 0.212. The van der Waals surface area contributed by atoms with Crippen molar-refractivity contribution in [2.75, 3.05) is 0 Å². The Morgan fingerprint density at radius 1 is 0.938 bits per heavy atom. The van der Waals surface area contributed by atoms with Crippen LogP contribution in [0.3, 0.4) is 0 Å². The second-order valence-electron chi connectivity index (χ2n) is 7.28. The molecule has 2 aromatic carbocycles. The zero-order chi connectivity index (χ0) is 23.7. The van der Waals surface area contributed by atoms with E-state index in [-0.39, 0.29) is 34.7 Å². The highest BCUT2D eigenvalue weighted by atomic mass is 19.4. The molecule has 0 saturated carbocycles. The van der Waals surface area contributed by atoms with Gasteiger partial charge in [0.15, 0.2) is 5.69 Å². The number of rotatable bonds is 5. The Bertz CT molecular complexity index is 1130. The molecule has 0 unspecified atom stereocenters. The highest BCUT2D eigenvalue weighted by Gasteiger charge is 2.36. The third-order valence-electron chi connectivity index (χ3n) is 4.58. The normalized spacial score (nSPS) is 12.1. The summed E-state index contributed by atoms with van der Waals surface area (Å²) in [5, 5.41) is 19.2. The Kier molecular flexibility index (Phi) is 6.16. The van der Waals surface area contributed by atoms with Crippen LogP contribution in [0.1, 0.15) is 47.7 Å². The molecule has 3 rings (SSSR count). The first-order valence-corrected chi connectivity index (χ1v) is 9.26. The number of nitriles is 1. The number of alkyl halides is 6. The van der Waals surface area contributed by atoms with Gasteiger partial charge in [-0.05, 0) is 53.4 Å². The van der Waals surface area contributed by atoms with Gasteiger partial charge in [0.05, 0.1) is 11.1 Å². The van der Waals surface area contributed by atoms with E-state index in [1.165, 1.54) is 6.07 Å². The zero-order valence-electron chi connectivity index (χ0n) is 16.8. The molecule has 3 aromatic rings. The second-order valence-corrected chi connectivity index (χ2v) is 7.28. The van der Waals surface area contributed by atoms with Gasteiger partial charge < -0.3 is 4.74 Å². The molecule has 1 heterocycles. The van der Waals surface area contributed by atoms with Crippen molar-refractivity contribution in [1.29, 1.82) is 5.26 Å². The summed E-state index contributed by atoms with van der Waals surface area (Å²) < 4.78 is 84.0. The fourth-order valence-corrected chi connectivity index (χ4v) is 2.95. The summed E-state index contributed by atoms with van der Waals surface area (Å²) in [4.78, 5) is 0. The average Bonchev–Trinajstić information content (AvgIpc) is 3.19. The van der Waals surface area contributed by atoms with Crippen molar-refractivity contribution in [2.45, 2.75) is 38.7 Å². The van der Waals surface area contributed by atoms with Crippen LogP contribution in [0.4, 0.5) is 26.3 Å². The Morgan fingerprint density at radius 3 is 2.09 bits per heavy atom. The number of ether oxygens (including phenoxy) is 1. The molecule has 1 aromatic heterocycles. The highest BCUT2D eigenvalue weighted by Crippen LogP contribution is 2.37. The summed E-state index contributed by atoms with van der Waals surface area (Å²) in [6.45, 7) is 3.25. The molecule has 0 saturated heterocycles. The fourth-order valence-electron chi connectivity index (χ4n) is 2.95.